The van der Waals surface area contributed by atoms with Gasteiger partial charge in [-0.05, 0) is 12.5 Å². The summed E-state index contributed by atoms with van der Waals surface area (Å²) >= 11 is 0. The number of hydrogen-bond acceptors (Lipinski definition) is 3. The average Bonchev–Trinajstić information content (AvgIpc) is 1.98. The molecule has 0 aromatic carbocycles. The van der Waals surface area contributed by atoms with Crippen LogP contribution in [-0.4, -0.2) is 33.1 Å². The normalized spacial score (nSPS) is 11.6. The number of aldehydes is 1. The number of ether oxygens (including phenoxy) is 1. The van der Waals surface area contributed by atoms with E-state index in [9.17, 15) is 4.79 Å². The largest absolute Gasteiger partial charge is 0.380 e. The summed E-state index contributed by atoms with van der Waals surface area (Å²) in [6.07, 6.45) is 1.51. The third-order valence-corrected chi connectivity index (χ3v) is 1.63. The first-order valence-corrected chi connectivity index (χ1v) is 4.28. The lowest BCUT2D eigenvalue weighted by Crippen LogP contribution is -2.23. The SMILES string of the molecule is CNCCOCC(C)(C)CC=O. The van der Waals surface area contributed by atoms with E-state index in [2.05, 4.69) is 5.32 Å². The molecule has 0 heterocycles. The van der Waals surface area contributed by atoms with Crippen LogP contribution in [0, 0.1) is 5.41 Å². The van der Waals surface area contributed by atoms with Crippen LogP contribution in [0.3, 0.4) is 0 Å². The Balaban J connectivity index is 3.39. The predicted molar refractivity (Wildman–Crippen MR) is 49.2 cm³/mol. The molecule has 3 heteroatoms. The molecule has 0 spiro atoms. The molecule has 0 aromatic rings. The van der Waals surface area contributed by atoms with Gasteiger partial charge in [0.15, 0.2) is 0 Å². The molecule has 0 aliphatic heterocycles. The van der Waals surface area contributed by atoms with E-state index in [1.165, 1.54) is 0 Å². The molecule has 0 bridgehead atoms. The van der Waals surface area contributed by atoms with E-state index < -0.39 is 0 Å². The van der Waals surface area contributed by atoms with Crippen LogP contribution in [0.2, 0.25) is 0 Å². The van der Waals surface area contributed by atoms with Crippen molar-refractivity contribution >= 4 is 6.29 Å². The summed E-state index contributed by atoms with van der Waals surface area (Å²) < 4.78 is 5.37. The fourth-order valence-electron chi connectivity index (χ4n) is 0.807. The van der Waals surface area contributed by atoms with Crippen LogP contribution in [0.15, 0.2) is 0 Å². The van der Waals surface area contributed by atoms with Crippen molar-refractivity contribution in [1.82, 2.24) is 5.32 Å². The van der Waals surface area contributed by atoms with Crippen LogP contribution < -0.4 is 5.32 Å². The Labute approximate surface area is 74.5 Å². The summed E-state index contributed by atoms with van der Waals surface area (Å²) in [5.74, 6) is 0. The highest BCUT2D eigenvalue weighted by Crippen LogP contribution is 2.18. The summed E-state index contributed by atoms with van der Waals surface area (Å²) in [6, 6.07) is 0. The Morgan fingerprint density at radius 1 is 1.50 bits per heavy atom. The summed E-state index contributed by atoms with van der Waals surface area (Å²) in [6.45, 7) is 6.27. The van der Waals surface area contributed by atoms with Crippen molar-refractivity contribution in [3.05, 3.63) is 0 Å². The number of rotatable bonds is 7. The van der Waals surface area contributed by atoms with Crippen LogP contribution in [0.5, 0.6) is 0 Å². The first-order chi connectivity index (χ1) is 5.62. The maximum absolute atomic E-state index is 10.2. The molecule has 72 valence electrons. The van der Waals surface area contributed by atoms with Gasteiger partial charge < -0.3 is 14.8 Å². The molecule has 0 unspecified atom stereocenters. The minimum absolute atomic E-state index is 0.0184. The molecule has 0 aliphatic carbocycles. The molecule has 0 saturated heterocycles. The molecule has 0 radical (unpaired) electrons. The van der Waals surface area contributed by atoms with Gasteiger partial charge in [-0.3, -0.25) is 0 Å². The Hall–Kier alpha value is -0.410. The number of carbonyl (C=O) groups excluding carboxylic acids is 1. The molecule has 0 fully saturated rings. The van der Waals surface area contributed by atoms with Crippen molar-refractivity contribution in [3.8, 4) is 0 Å². The van der Waals surface area contributed by atoms with Gasteiger partial charge in [0.1, 0.15) is 6.29 Å². The van der Waals surface area contributed by atoms with E-state index >= 15 is 0 Å². The van der Waals surface area contributed by atoms with Crippen LogP contribution in [0.4, 0.5) is 0 Å². The molecule has 0 aliphatic rings. The van der Waals surface area contributed by atoms with Gasteiger partial charge in [0.05, 0.1) is 13.2 Å². The van der Waals surface area contributed by atoms with Crippen LogP contribution >= 0.6 is 0 Å². The van der Waals surface area contributed by atoms with E-state index in [-0.39, 0.29) is 5.41 Å². The molecular formula is C9H19NO2. The second-order valence-electron chi connectivity index (χ2n) is 3.69. The Morgan fingerprint density at radius 2 is 2.17 bits per heavy atom. The zero-order chi connectivity index (χ0) is 9.45. The quantitative estimate of drug-likeness (QED) is 0.458. The molecular weight excluding hydrogens is 154 g/mol. The summed E-state index contributed by atoms with van der Waals surface area (Å²) in [7, 11) is 1.89. The third-order valence-electron chi connectivity index (χ3n) is 1.63. The lowest BCUT2D eigenvalue weighted by atomic mass is 9.91. The highest BCUT2D eigenvalue weighted by molar-refractivity contribution is 5.50. The molecule has 0 rings (SSSR count). The minimum Gasteiger partial charge on any atom is -0.380 e. The van der Waals surface area contributed by atoms with E-state index in [1.807, 2.05) is 20.9 Å². The van der Waals surface area contributed by atoms with Crippen molar-refractivity contribution in [2.24, 2.45) is 5.41 Å². The van der Waals surface area contributed by atoms with E-state index in [0.29, 0.717) is 19.6 Å². The fraction of sp³-hybridized carbons (Fsp3) is 0.889. The van der Waals surface area contributed by atoms with Crippen molar-refractivity contribution in [2.45, 2.75) is 20.3 Å². The summed E-state index contributed by atoms with van der Waals surface area (Å²) in [5, 5.41) is 2.99. The third kappa shape index (κ3) is 6.31. The smallest absolute Gasteiger partial charge is 0.120 e. The van der Waals surface area contributed by atoms with Gasteiger partial charge in [0, 0.05) is 13.0 Å². The van der Waals surface area contributed by atoms with Gasteiger partial charge in [0.2, 0.25) is 0 Å². The van der Waals surface area contributed by atoms with Crippen LogP contribution in [0.1, 0.15) is 20.3 Å². The first kappa shape index (κ1) is 11.6. The fourth-order valence-corrected chi connectivity index (χ4v) is 0.807. The van der Waals surface area contributed by atoms with Crippen molar-refractivity contribution in [3.63, 3.8) is 0 Å². The van der Waals surface area contributed by atoms with E-state index in [4.69, 9.17) is 4.74 Å². The zero-order valence-corrected chi connectivity index (χ0v) is 8.22. The maximum atomic E-state index is 10.2. The Bertz CT molecular complexity index is 124. The van der Waals surface area contributed by atoms with Gasteiger partial charge in [-0.25, -0.2) is 0 Å². The molecule has 0 aromatic heterocycles. The summed E-state index contributed by atoms with van der Waals surface area (Å²) in [4.78, 5) is 10.2. The van der Waals surface area contributed by atoms with Crippen molar-refractivity contribution in [2.75, 3.05) is 26.8 Å². The molecule has 0 atom stereocenters. The Morgan fingerprint density at radius 3 is 2.67 bits per heavy atom. The van der Waals surface area contributed by atoms with Gasteiger partial charge in [-0.2, -0.15) is 0 Å². The molecule has 0 amide bonds. The molecule has 3 nitrogen and oxygen atoms in total. The van der Waals surface area contributed by atoms with Gasteiger partial charge in [-0.1, -0.05) is 13.8 Å². The number of nitrogens with one attached hydrogen (secondary N) is 1. The second kappa shape index (κ2) is 6.14. The molecule has 12 heavy (non-hydrogen) atoms. The van der Waals surface area contributed by atoms with Crippen molar-refractivity contribution < 1.29 is 9.53 Å². The minimum atomic E-state index is -0.0184. The van der Waals surface area contributed by atoms with E-state index in [1.54, 1.807) is 0 Å². The predicted octanol–water partition coefficient (Wildman–Crippen LogP) is 0.838. The zero-order valence-electron chi connectivity index (χ0n) is 8.22. The van der Waals surface area contributed by atoms with E-state index in [0.717, 1.165) is 12.8 Å². The van der Waals surface area contributed by atoms with Crippen LogP contribution in [-0.2, 0) is 9.53 Å². The number of hydrogen-bond donors (Lipinski definition) is 1. The highest BCUT2D eigenvalue weighted by Gasteiger charge is 2.16. The molecule has 0 saturated carbocycles. The first-order valence-electron chi connectivity index (χ1n) is 4.28. The standard InChI is InChI=1S/C9H19NO2/c1-9(2,4-6-11)8-12-7-5-10-3/h6,10H,4-5,7-8H2,1-3H3. The summed E-state index contributed by atoms with van der Waals surface area (Å²) in [5.41, 5.74) is -0.0184. The number of likely N-dealkylation sites (N-methyl/N-ethyl adjacent to an activating group) is 1. The lowest BCUT2D eigenvalue weighted by Gasteiger charge is -2.21. The topological polar surface area (TPSA) is 38.3 Å². The van der Waals surface area contributed by atoms with Gasteiger partial charge >= 0.3 is 0 Å². The maximum Gasteiger partial charge on any atom is 0.120 e. The number of carbonyl (C=O) groups is 1. The van der Waals surface area contributed by atoms with Crippen molar-refractivity contribution in [1.29, 1.82) is 0 Å². The lowest BCUT2D eigenvalue weighted by molar-refractivity contribution is -0.110. The van der Waals surface area contributed by atoms with Crippen LogP contribution in [0.25, 0.3) is 0 Å². The average molecular weight is 173 g/mol. The molecule has 1 N–H and O–H groups in total. The second-order valence-corrected chi connectivity index (χ2v) is 3.69. The Kier molecular flexibility index (Phi) is 5.93. The van der Waals surface area contributed by atoms with Gasteiger partial charge in [0.25, 0.3) is 0 Å². The van der Waals surface area contributed by atoms with Gasteiger partial charge in [-0.15, -0.1) is 0 Å². The highest BCUT2D eigenvalue weighted by atomic mass is 16.5. The monoisotopic (exact) mass is 173 g/mol.